The number of nitrogens with one attached hydrogen (secondary N) is 1. The van der Waals surface area contributed by atoms with Crippen LogP contribution >= 0.6 is 11.3 Å². The number of aliphatic imine (C=N–C) groups is 1. The summed E-state index contributed by atoms with van der Waals surface area (Å²) in [6.45, 7) is 0. The van der Waals surface area contributed by atoms with Crippen LogP contribution in [0.1, 0.15) is 22.7 Å². The molecule has 7 aromatic carbocycles. The Bertz CT molecular complexity index is 2420. The Hall–Kier alpha value is -5.51. The maximum atomic E-state index is 5.07. The van der Waals surface area contributed by atoms with E-state index in [-0.39, 0.29) is 6.04 Å². The Balaban J connectivity index is 1.10. The second-order valence-corrected chi connectivity index (χ2v) is 12.7. The first-order valence-corrected chi connectivity index (χ1v) is 16.1. The van der Waals surface area contributed by atoms with Crippen molar-refractivity contribution in [3.8, 4) is 22.3 Å². The third kappa shape index (κ3) is 4.52. The number of hydrogen-bond donors (Lipinski definition) is 1. The lowest BCUT2D eigenvalue weighted by Crippen LogP contribution is -2.32. The van der Waals surface area contributed by atoms with Gasteiger partial charge in [0.15, 0.2) is 0 Å². The highest BCUT2D eigenvalue weighted by Crippen LogP contribution is 2.41. The van der Waals surface area contributed by atoms with Crippen LogP contribution in [0.25, 0.3) is 53.2 Å². The van der Waals surface area contributed by atoms with Gasteiger partial charge in [-0.1, -0.05) is 121 Å². The molecule has 0 fully saturated rings. The largest absolute Gasteiger partial charge is 0.359 e. The molecule has 1 unspecified atom stereocenters. The SMILES string of the molecule is c1ccc(C2NC(c3cccc(-c4cccc(-c5ccc6sc7ccc8ccccc8c7c6c5)c4)c3)=Nc3ccccc32)cc1. The first kappa shape index (κ1) is 25.9. The van der Waals surface area contributed by atoms with E-state index in [2.05, 4.69) is 163 Å². The van der Waals surface area contributed by atoms with E-state index in [0.29, 0.717) is 0 Å². The fourth-order valence-corrected chi connectivity index (χ4v) is 7.81. The Labute approximate surface area is 266 Å². The minimum Gasteiger partial charge on any atom is -0.359 e. The van der Waals surface area contributed by atoms with Gasteiger partial charge in [0.05, 0.1) is 11.7 Å². The zero-order chi connectivity index (χ0) is 29.7. The molecule has 0 saturated carbocycles. The van der Waals surface area contributed by atoms with Crippen LogP contribution < -0.4 is 5.32 Å². The summed E-state index contributed by atoms with van der Waals surface area (Å²) in [5.74, 6) is 0.891. The Kier molecular flexibility index (Phi) is 6.10. The second kappa shape index (κ2) is 10.6. The van der Waals surface area contributed by atoms with Crippen LogP contribution in [0, 0.1) is 0 Å². The number of para-hydroxylation sites is 1. The van der Waals surface area contributed by atoms with Gasteiger partial charge in [0.2, 0.25) is 0 Å². The van der Waals surface area contributed by atoms with Crippen LogP contribution in [0.15, 0.2) is 163 Å². The molecule has 0 radical (unpaired) electrons. The smallest absolute Gasteiger partial charge is 0.134 e. The predicted molar refractivity (Wildman–Crippen MR) is 192 cm³/mol. The normalized spacial score (nSPS) is 14.3. The Morgan fingerprint density at radius 2 is 1.16 bits per heavy atom. The van der Waals surface area contributed by atoms with Gasteiger partial charge in [-0.3, -0.25) is 0 Å². The summed E-state index contributed by atoms with van der Waals surface area (Å²) >= 11 is 1.87. The van der Waals surface area contributed by atoms with Crippen molar-refractivity contribution in [2.24, 2.45) is 4.99 Å². The van der Waals surface area contributed by atoms with Gasteiger partial charge in [0, 0.05) is 31.3 Å². The maximum absolute atomic E-state index is 5.07. The fraction of sp³-hybridized carbons (Fsp3) is 0.0238. The maximum Gasteiger partial charge on any atom is 0.134 e. The van der Waals surface area contributed by atoms with Crippen molar-refractivity contribution in [3.63, 3.8) is 0 Å². The third-order valence-corrected chi connectivity index (χ3v) is 10.1. The van der Waals surface area contributed by atoms with E-state index >= 15 is 0 Å². The van der Waals surface area contributed by atoms with Gasteiger partial charge in [-0.25, -0.2) is 4.99 Å². The van der Waals surface area contributed by atoms with Gasteiger partial charge in [0.1, 0.15) is 5.84 Å². The number of rotatable bonds is 4. The van der Waals surface area contributed by atoms with Crippen molar-refractivity contribution in [2.45, 2.75) is 6.04 Å². The van der Waals surface area contributed by atoms with Gasteiger partial charge in [-0.15, -0.1) is 11.3 Å². The average molecular weight is 593 g/mol. The van der Waals surface area contributed by atoms with Crippen molar-refractivity contribution >= 4 is 53.8 Å². The highest BCUT2D eigenvalue weighted by molar-refractivity contribution is 7.26. The predicted octanol–water partition coefficient (Wildman–Crippen LogP) is 11.3. The molecule has 3 heteroatoms. The fourth-order valence-electron chi connectivity index (χ4n) is 6.71. The lowest BCUT2D eigenvalue weighted by Gasteiger charge is -2.28. The van der Waals surface area contributed by atoms with Crippen molar-refractivity contribution in [1.29, 1.82) is 0 Å². The highest BCUT2D eigenvalue weighted by Gasteiger charge is 2.24. The summed E-state index contributed by atoms with van der Waals surface area (Å²) in [6.07, 6.45) is 0. The molecule has 9 rings (SSSR count). The minimum absolute atomic E-state index is 0.0436. The van der Waals surface area contributed by atoms with E-state index < -0.39 is 0 Å². The molecule has 1 N–H and O–H groups in total. The summed E-state index contributed by atoms with van der Waals surface area (Å²) in [7, 11) is 0. The molecule has 0 spiro atoms. The van der Waals surface area contributed by atoms with E-state index in [9.17, 15) is 0 Å². The summed E-state index contributed by atoms with van der Waals surface area (Å²) in [4.78, 5) is 5.07. The number of nitrogens with zero attached hydrogens (tertiary/aromatic N) is 1. The molecule has 1 atom stereocenters. The molecular formula is C42H28N2S. The number of thiophene rings is 1. The zero-order valence-corrected chi connectivity index (χ0v) is 25.3. The third-order valence-electron chi connectivity index (χ3n) is 8.92. The average Bonchev–Trinajstić information content (AvgIpc) is 3.50. The number of hydrogen-bond acceptors (Lipinski definition) is 3. The highest BCUT2D eigenvalue weighted by atomic mass is 32.1. The summed E-state index contributed by atoms with van der Waals surface area (Å²) in [6, 6.07) is 56.8. The number of amidine groups is 1. The molecule has 2 nitrogen and oxygen atoms in total. The molecule has 8 aromatic rings. The van der Waals surface area contributed by atoms with Crippen LogP contribution in [-0.4, -0.2) is 5.84 Å². The summed E-state index contributed by atoms with van der Waals surface area (Å²) in [5, 5.41) is 9.04. The molecule has 0 bridgehead atoms. The van der Waals surface area contributed by atoms with Gasteiger partial charge < -0.3 is 5.32 Å². The second-order valence-electron chi connectivity index (χ2n) is 11.6. The van der Waals surface area contributed by atoms with E-state index in [1.807, 2.05) is 11.3 Å². The summed E-state index contributed by atoms with van der Waals surface area (Å²) in [5.41, 5.74) is 9.31. The number of fused-ring (bicyclic) bond motifs is 6. The standard InChI is InChI=1S/C42H28N2S/c1-2-11-28(12-3-1)41-35-18-6-7-19-37(35)43-42(44-41)33-16-9-15-31(25-33)29-13-8-14-30(24-29)32-21-22-38-36(26-32)40-34-17-5-4-10-27(34)20-23-39(40)45-38/h1-26,41H,(H,43,44). The molecule has 1 aliphatic heterocycles. The van der Waals surface area contributed by atoms with Gasteiger partial charge in [-0.05, 0) is 75.0 Å². The molecule has 0 saturated heterocycles. The first-order chi connectivity index (χ1) is 22.3. The molecule has 0 aliphatic carbocycles. The van der Waals surface area contributed by atoms with Crippen molar-refractivity contribution in [1.82, 2.24) is 5.32 Å². The van der Waals surface area contributed by atoms with E-state index in [4.69, 9.17) is 4.99 Å². The van der Waals surface area contributed by atoms with E-state index in [1.165, 1.54) is 64.3 Å². The minimum atomic E-state index is 0.0436. The lowest BCUT2D eigenvalue weighted by molar-refractivity contribution is 0.749. The van der Waals surface area contributed by atoms with Crippen molar-refractivity contribution < 1.29 is 0 Å². The molecule has 2 heterocycles. The van der Waals surface area contributed by atoms with E-state index in [0.717, 1.165) is 17.1 Å². The molecule has 212 valence electrons. The first-order valence-electron chi connectivity index (χ1n) is 15.3. The zero-order valence-electron chi connectivity index (χ0n) is 24.4. The van der Waals surface area contributed by atoms with E-state index in [1.54, 1.807) is 0 Å². The monoisotopic (exact) mass is 592 g/mol. The van der Waals surface area contributed by atoms with Crippen LogP contribution in [0.3, 0.4) is 0 Å². The number of benzene rings is 7. The van der Waals surface area contributed by atoms with Crippen molar-refractivity contribution in [3.05, 3.63) is 174 Å². The van der Waals surface area contributed by atoms with Crippen LogP contribution in [0.5, 0.6) is 0 Å². The summed E-state index contributed by atoms with van der Waals surface area (Å²) < 4.78 is 2.66. The molecule has 0 amide bonds. The van der Waals surface area contributed by atoms with Gasteiger partial charge >= 0.3 is 0 Å². The molecule has 1 aliphatic rings. The Morgan fingerprint density at radius 1 is 0.489 bits per heavy atom. The Morgan fingerprint density at radius 3 is 2.00 bits per heavy atom. The molecule has 45 heavy (non-hydrogen) atoms. The molecule has 1 aromatic heterocycles. The van der Waals surface area contributed by atoms with Crippen molar-refractivity contribution in [2.75, 3.05) is 0 Å². The van der Waals surface area contributed by atoms with Gasteiger partial charge in [0.25, 0.3) is 0 Å². The lowest BCUT2D eigenvalue weighted by atomic mass is 9.94. The quantitative estimate of drug-likeness (QED) is 0.216. The topological polar surface area (TPSA) is 24.4 Å². The van der Waals surface area contributed by atoms with Crippen LogP contribution in [0.2, 0.25) is 0 Å². The van der Waals surface area contributed by atoms with Crippen LogP contribution in [0.4, 0.5) is 5.69 Å². The van der Waals surface area contributed by atoms with Crippen LogP contribution in [-0.2, 0) is 0 Å². The van der Waals surface area contributed by atoms with Gasteiger partial charge in [-0.2, -0.15) is 0 Å². The molecular weight excluding hydrogens is 565 g/mol.